The largest absolute Gasteiger partial charge is 0.359 e. The summed E-state index contributed by atoms with van der Waals surface area (Å²) in [5.41, 5.74) is 4.75. The maximum atomic E-state index is 5.92. The van der Waals surface area contributed by atoms with Crippen LogP contribution >= 0.6 is 11.6 Å². The van der Waals surface area contributed by atoms with Gasteiger partial charge < -0.3 is 4.52 Å². The second-order valence-corrected chi connectivity index (χ2v) is 6.35. The number of nitrogens with zero attached hydrogens (tertiary/aromatic N) is 2. The SMILES string of the molecule is Clc1ccc(-c2cc(CN3CCc4ccccc4C3)on2)cc1. The van der Waals surface area contributed by atoms with Crippen molar-refractivity contribution >= 4 is 11.6 Å². The van der Waals surface area contributed by atoms with Gasteiger partial charge in [0.2, 0.25) is 0 Å². The van der Waals surface area contributed by atoms with Crippen molar-refractivity contribution in [1.29, 1.82) is 0 Å². The molecule has 0 atom stereocenters. The van der Waals surface area contributed by atoms with Crippen LogP contribution < -0.4 is 0 Å². The van der Waals surface area contributed by atoms with Crippen molar-refractivity contribution in [1.82, 2.24) is 10.1 Å². The average Bonchev–Trinajstić information content (AvgIpc) is 3.04. The zero-order chi connectivity index (χ0) is 15.6. The Hall–Kier alpha value is -2.10. The van der Waals surface area contributed by atoms with Crippen LogP contribution in [0.1, 0.15) is 16.9 Å². The van der Waals surface area contributed by atoms with Crippen LogP contribution in [0.15, 0.2) is 59.1 Å². The summed E-state index contributed by atoms with van der Waals surface area (Å²) in [6, 6.07) is 18.3. The van der Waals surface area contributed by atoms with Gasteiger partial charge in [-0.2, -0.15) is 0 Å². The third kappa shape index (κ3) is 3.16. The highest BCUT2D eigenvalue weighted by molar-refractivity contribution is 6.30. The summed E-state index contributed by atoms with van der Waals surface area (Å²) >= 11 is 5.92. The van der Waals surface area contributed by atoms with Crippen LogP contribution in [-0.4, -0.2) is 16.6 Å². The van der Waals surface area contributed by atoms with Crippen molar-refractivity contribution in [2.24, 2.45) is 0 Å². The summed E-state index contributed by atoms with van der Waals surface area (Å²) in [6.45, 7) is 2.80. The molecule has 0 saturated heterocycles. The van der Waals surface area contributed by atoms with Gasteiger partial charge in [-0.15, -0.1) is 0 Å². The molecule has 0 spiro atoms. The molecule has 4 heteroatoms. The molecule has 0 amide bonds. The molecule has 2 aromatic carbocycles. The Bertz CT molecular complexity index is 810. The number of rotatable bonds is 3. The highest BCUT2D eigenvalue weighted by Gasteiger charge is 2.17. The van der Waals surface area contributed by atoms with Gasteiger partial charge in [-0.25, -0.2) is 0 Å². The fourth-order valence-electron chi connectivity index (χ4n) is 3.05. The van der Waals surface area contributed by atoms with E-state index < -0.39 is 0 Å². The summed E-state index contributed by atoms with van der Waals surface area (Å²) in [7, 11) is 0. The predicted octanol–water partition coefficient (Wildman–Crippen LogP) is 4.55. The number of hydrogen-bond acceptors (Lipinski definition) is 3. The fourth-order valence-corrected chi connectivity index (χ4v) is 3.18. The second kappa shape index (κ2) is 6.19. The Balaban J connectivity index is 1.47. The first kappa shape index (κ1) is 14.5. The van der Waals surface area contributed by atoms with Crippen molar-refractivity contribution in [3.05, 3.63) is 76.5 Å². The van der Waals surface area contributed by atoms with Gasteiger partial charge in [0.05, 0.1) is 6.54 Å². The van der Waals surface area contributed by atoms with E-state index in [0.29, 0.717) is 0 Å². The van der Waals surface area contributed by atoms with Gasteiger partial charge >= 0.3 is 0 Å². The quantitative estimate of drug-likeness (QED) is 0.707. The van der Waals surface area contributed by atoms with E-state index in [-0.39, 0.29) is 0 Å². The first-order valence-electron chi connectivity index (χ1n) is 7.78. The van der Waals surface area contributed by atoms with Crippen molar-refractivity contribution in [2.75, 3.05) is 6.54 Å². The third-order valence-corrected chi connectivity index (χ3v) is 4.54. The Morgan fingerprint density at radius 3 is 2.65 bits per heavy atom. The first-order chi connectivity index (χ1) is 11.3. The monoisotopic (exact) mass is 324 g/mol. The van der Waals surface area contributed by atoms with Crippen LogP contribution in [0.4, 0.5) is 0 Å². The van der Waals surface area contributed by atoms with Gasteiger partial charge in [-0.3, -0.25) is 4.90 Å². The van der Waals surface area contributed by atoms with Gasteiger partial charge in [-0.05, 0) is 29.7 Å². The highest BCUT2D eigenvalue weighted by atomic mass is 35.5. The lowest BCUT2D eigenvalue weighted by Gasteiger charge is -2.27. The molecule has 3 nitrogen and oxygen atoms in total. The molecule has 0 radical (unpaired) electrons. The van der Waals surface area contributed by atoms with E-state index in [1.54, 1.807) is 0 Å². The van der Waals surface area contributed by atoms with Crippen molar-refractivity contribution in [3.63, 3.8) is 0 Å². The molecule has 3 aromatic rings. The zero-order valence-electron chi connectivity index (χ0n) is 12.7. The van der Waals surface area contributed by atoms with Gasteiger partial charge in [-0.1, -0.05) is 53.2 Å². The maximum absolute atomic E-state index is 5.92. The average molecular weight is 325 g/mol. The molecular formula is C19H17ClN2O. The summed E-state index contributed by atoms with van der Waals surface area (Å²) in [5, 5.41) is 4.91. The maximum Gasteiger partial charge on any atom is 0.151 e. The minimum absolute atomic E-state index is 0.726. The fraction of sp³-hybridized carbons (Fsp3) is 0.211. The lowest BCUT2D eigenvalue weighted by molar-refractivity contribution is 0.215. The molecule has 0 aliphatic carbocycles. The van der Waals surface area contributed by atoms with Crippen LogP contribution in [0.25, 0.3) is 11.3 Å². The predicted molar refractivity (Wildman–Crippen MR) is 91.2 cm³/mol. The number of fused-ring (bicyclic) bond motifs is 1. The molecule has 0 unspecified atom stereocenters. The number of aromatic nitrogens is 1. The Kier molecular flexibility index (Phi) is 3.90. The van der Waals surface area contributed by atoms with Gasteiger partial charge in [0.25, 0.3) is 0 Å². The molecule has 0 bridgehead atoms. The van der Waals surface area contributed by atoms with Gasteiger partial charge in [0, 0.05) is 29.7 Å². The van der Waals surface area contributed by atoms with E-state index in [1.165, 1.54) is 11.1 Å². The molecule has 0 saturated carbocycles. The second-order valence-electron chi connectivity index (χ2n) is 5.91. The van der Waals surface area contributed by atoms with Gasteiger partial charge in [0.15, 0.2) is 5.76 Å². The third-order valence-electron chi connectivity index (χ3n) is 4.29. The summed E-state index contributed by atoms with van der Waals surface area (Å²) < 4.78 is 5.52. The van der Waals surface area contributed by atoms with Crippen LogP contribution in [0.2, 0.25) is 5.02 Å². The first-order valence-corrected chi connectivity index (χ1v) is 8.16. The van der Waals surface area contributed by atoms with E-state index in [0.717, 1.165) is 48.1 Å². The molecule has 4 rings (SSSR count). The standard InChI is InChI=1S/C19H17ClN2O/c20-17-7-5-15(6-8-17)19-11-18(23-21-19)13-22-10-9-14-3-1-2-4-16(14)12-22/h1-8,11H,9-10,12-13H2. The molecule has 1 aliphatic rings. The Morgan fingerprint density at radius 2 is 1.83 bits per heavy atom. The highest BCUT2D eigenvalue weighted by Crippen LogP contribution is 2.24. The van der Waals surface area contributed by atoms with Crippen LogP contribution in [0.3, 0.4) is 0 Å². The molecule has 0 N–H and O–H groups in total. The Labute approximate surface area is 140 Å². The minimum Gasteiger partial charge on any atom is -0.359 e. The van der Waals surface area contributed by atoms with E-state index in [2.05, 4.69) is 34.3 Å². The molecule has 116 valence electrons. The van der Waals surface area contributed by atoms with Crippen molar-refractivity contribution < 1.29 is 4.52 Å². The molecule has 0 fully saturated rings. The summed E-state index contributed by atoms with van der Waals surface area (Å²) in [5.74, 6) is 0.898. The summed E-state index contributed by atoms with van der Waals surface area (Å²) in [4.78, 5) is 2.40. The molecule has 1 aliphatic heterocycles. The van der Waals surface area contributed by atoms with E-state index in [1.807, 2.05) is 30.3 Å². The number of benzene rings is 2. The lowest BCUT2D eigenvalue weighted by atomic mass is 10.00. The van der Waals surface area contributed by atoms with Crippen molar-refractivity contribution in [2.45, 2.75) is 19.5 Å². The topological polar surface area (TPSA) is 29.3 Å². The molecule has 2 heterocycles. The van der Waals surface area contributed by atoms with E-state index in [9.17, 15) is 0 Å². The minimum atomic E-state index is 0.726. The van der Waals surface area contributed by atoms with Crippen LogP contribution in [0, 0.1) is 0 Å². The van der Waals surface area contributed by atoms with Crippen molar-refractivity contribution in [3.8, 4) is 11.3 Å². The van der Waals surface area contributed by atoms with E-state index in [4.69, 9.17) is 16.1 Å². The van der Waals surface area contributed by atoms with Crippen LogP contribution in [-0.2, 0) is 19.5 Å². The van der Waals surface area contributed by atoms with E-state index >= 15 is 0 Å². The normalized spacial score (nSPS) is 14.7. The zero-order valence-corrected chi connectivity index (χ0v) is 13.5. The number of halogens is 1. The molecule has 23 heavy (non-hydrogen) atoms. The van der Waals surface area contributed by atoms with Crippen LogP contribution in [0.5, 0.6) is 0 Å². The summed E-state index contributed by atoms with van der Waals surface area (Å²) in [6.07, 6.45) is 1.09. The molecule has 1 aromatic heterocycles. The number of hydrogen-bond donors (Lipinski definition) is 0. The Morgan fingerprint density at radius 1 is 1.04 bits per heavy atom. The lowest BCUT2D eigenvalue weighted by Crippen LogP contribution is -2.29. The molecular weight excluding hydrogens is 308 g/mol. The van der Waals surface area contributed by atoms with Gasteiger partial charge in [0.1, 0.15) is 5.69 Å². The smallest absolute Gasteiger partial charge is 0.151 e.